The lowest BCUT2D eigenvalue weighted by molar-refractivity contribution is -0.140. The first kappa shape index (κ1) is 33.1. The quantitative estimate of drug-likeness (QED) is 0.173. The van der Waals surface area contributed by atoms with Gasteiger partial charge in [-0.25, -0.2) is 8.42 Å². The Morgan fingerprint density at radius 3 is 2.02 bits per heavy atom. The van der Waals surface area contributed by atoms with Gasteiger partial charge in [0.15, 0.2) is 0 Å². The van der Waals surface area contributed by atoms with Crippen molar-refractivity contribution < 1.29 is 18.0 Å². The number of anilines is 1. The van der Waals surface area contributed by atoms with Gasteiger partial charge in [0.25, 0.3) is 10.0 Å². The van der Waals surface area contributed by atoms with Crippen molar-refractivity contribution in [3.8, 4) is 0 Å². The van der Waals surface area contributed by atoms with Gasteiger partial charge in [0, 0.05) is 29.1 Å². The molecule has 0 aliphatic carbocycles. The highest BCUT2D eigenvalue weighted by molar-refractivity contribution is 7.92. The SMILES string of the molecule is CCC(C)NC(=O)C(Cc1ccccc1)N(Cc1cccc(Cl)c1)C(=O)CN(c1ccc(Cl)cc1)S(=O)(=O)c1ccccc1. The van der Waals surface area contributed by atoms with Gasteiger partial charge in [-0.15, -0.1) is 0 Å². The molecule has 4 rings (SSSR count). The van der Waals surface area contributed by atoms with Crippen molar-refractivity contribution in [1.29, 1.82) is 0 Å². The third-order valence-corrected chi connectivity index (χ3v) is 9.51. The van der Waals surface area contributed by atoms with Crippen molar-refractivity contribution >= 4 is 50.7 Å². The standard InChI is InChI=1S/C34H35Cl2N3O4S/c1-3-25(2)37-34(41)32(22-26-11-6-4-7-12-26)38(23-27-13-10-14-29(36)21-27)33(40)24-39(30-19-17-28(35)18-20-30)44(42,43)31-15-8-5-9-16-31/h4-21,25,32H,3,22-24H2,1-2H3,(H,37,41). The molecule has 2 amide bonds. The zero-order valence-electron chi connectivity index (χ0n) is 24.6. The van der Waals surface area contributed by atoms with Gasteiger partial charge in [-0.3, -0.25) is 13.9 Å². The molecule has 4 aromatic rings. The molecule has 0 bridgehead atoms. The average Bonchev–Trinajstić information content (AvgIpc) is 3.02. The van der Waals surface area contributed by atoms with Crippen LogP contribution in [0.3, 0.4) is 0 Å². The molecular formula is C34H35Cl2N3O4S. The molecule has 0 aliphatic rings. The van der Waals surface area contributed by atoms with Gasteiger partial charge < -0.3 is 10.2 Å². The molecule has 0 radical (unpaired) electrons. The highest BCUT2D eigenvalue weighted by Crippen LogP contribution is 2.26. The van der Waals surface area contributed by atoms with Gasteiger partial charge in [-0.05, 0) is 73.0 Å². The van der Waals surface area contributed by atoms with Crippen LogP contribution in [0.2, 0.25) is 10.0 Å². The lowest BCUT2D eigenvalue weighted by Gasteiger charge is -2.34. The van der Waals surface area contributed by atoms with Crippen LogP contribution in [0, 0.1) is 0 Å². The van der Waals surface area contributed by atoms with E-state index in [0.717, 1.165) is 9.87 Å². The van der Waals surface area contributed by atoms with E-state index in [2.05, 4.69) is 5.32 Å². The van der Waals surface area contributed by atoms with Gasteiger partial charge in [-0.2, -0.15) is 0 Å². The van der Waals surface area contributed by atoms with E-state index < -0.39 is 28.5 Å². The van der Waals surface area contributed by atoms with Crippen LogP contribution in [0.4, 0.5) is 5.69 Å². The van der Waals surface area contributed by atoms with Crippen molar-refractivity contribution in [3.63, 3.8) is 0 Å². The Kier molecular flexibility index (Phi) is 11.4. The fourth-order valence-corrected chi connectivity index (χ4v) is 6.46. The van der Waals surface area contributed by atoms with E-state index >= 15 is 0 Å². The number of carbonyl (C=O) groups excluding carboxylic acids is 2. The molecule has 230 valence electrons. The van der Waals surface area contributed by atoms with Crippen LogP contribution < -0.4 is 9.62 Å². The Balaban J connectivity index is 1.80. The summed E-state index contributed by atoms with van der Waals surface area (Å²) in [6, 6.07) is 29.5. The van der Waals surface area contributed by atoms with Crippen molar-refractivity contribution in [3.05, 3.63) is 130 Å². The van der Waals surface area contributed by atoms with Crippen LogP contribution >= 0.6 is 23.2 Å². The summed E-state index contributed by atoms with van der Waals surface area (Å²) in [4.78, 5) is 29.8. The van der Waals surface area contributed by atoms with E-state index in [-0.39, 0.29) is 35.5 Å². The number of sulfonamides is 1. The highest BCUT2D eigenvalue weighted by atomic mass is 35.5. The third kappa shape index (κ3) is 8.62. The number of hydrogen-bond acceptors (Lipinski definition) is 4. The second-order valence-corrected chi connectivity index (χ2v) is 13.2. The molecule has 10 heteroatoms. The predicted octanol–water partition coefficient (Wildman–Crippen LogP) is 6.74. The summed E-state index contributed by atoms with van der Waals surface area (Å²) < 4.78 is 29.0. The zero-order valence-corrected chi connectivity index (χ0v) is 26.9. The first-order chi connectivity index (χ1) is 21.1. The van der Waals surface area contributed by atoms with Gasteiger partial charge >= 0.3 is 0 Å². The molecule has 0 aliphatic heterocycles. The van der Waals surface area contributed by atoms with E-state index in [1.54, 1.807) is 60.7 Å². The smallest absolute Gasteiger partial charge is 0.264 e. The summed E-state index contributed by atoms with van der Waals surface area (Å²) in [6.45, 7) is 3.34. The Morgan fingerprint density at radius 2 is 1.41 bits per heavy atom. The summed E-state index contributed by atoms with van der Waals surface area (Å²) >= 11 is 12.4. The Hall–Kier alpha value is -3.85. The number of rotatable bonds is 13. The second kappa shape index (κ2) is 15.2. The third-order valence-electron chi connectivity index (χ3n) is 7.24. The molecule has 44 heavy (non-hydrogen) atoms. The first-order valence-corrected chi connectivity index (χ1v) is 16.5. The number of halogens is 2. The van der Waals surface area contributed by atoms with Crippen LogP contribution in [0.25, 0.3) is 0 Å². The fourth-order valence-electron chi connectivity index (χ4n) is 4.68. The summed E-state index contributed by atoms with van der Waals surface area (Å²) in [6.07, 6.45) is 0.924. The number of nitrogens with zero attached hydrogens (tertiary/aromatic N) is 2. The minimum Gasteiger partial charge on any atom is -0.352 e. The first-order valence-electron chi connectivity index (χ1n) is 14.3. The number of benzene rings is 4. The van der Waals surface area contributed by atoms with E-state index in [4.69, 9.17) is 23.2 Å². The summed E-state index contributed by atoms with van der Waals surface area (Å²) in [7, 11) is -4.18. The van der Waals surface area contributed by atoms with Crippen molar-refractivity contribution in [1.82, 2.24) is 10.2 Å². The number of hydrogen-bond donors (Lipinski definition) is 1. The lowest BCUT2D eigenvalue weighted by atomic mass is 10.0. The summed E-state index contributed by atoms with van der Waals surface area (Å²) in [5.74, 6) is -0.887. The van der Waals surface area contributed by atoms with E-state index in [1.165, 1.54) is 17.0 Å². The molecule has 2 atom stereocenters. The highest BCUT2D eigenvalue weighted by Gasteiger charge is 2.35. The number of amides is 2. The maximum absolute atomic E-state index is 14.4. The molecule has 0 heterocycles. The molecule has 2 unspecified atom stereocenters. The fraction of sp³-hybridized carbons (Fsp3) is 0.235. The molecule has 7 nitrogen and oxygen atoms in total. The van der Waals surface area contributed by atoms with E-state index in [0.29, 0.717) is 22.0 Å². The van der Waals surface area contributed by atoms with Crippen molar-refractivity contribution in [2.24, 2.45) is 0 Å². The van der Waals surface area contributed by atoms with Crippen LogP contribution in [0.15, 0.2) is 114 Å². The maximum Gasteiger partial charge on any atom is 0.264 e. The van der Waals surface area contributed by atoms with E-state index in [1.807, 2.05) is 50.2 Å². The molecule has 0 saturated carbocycles. The molecule has 0 spiro atoms. The van der Waals surface area contributed by atoms with Crippen molar-refractivity contribution in [2.75, 3.05) is 10.8 Å². The average molecular weight is 653 g/mol. The molecule has 0 saturated heterocycles. The lowest BCUT2D eigenvalue weighted by Crippen LogP contribution is -2.54. The Morgan fingerprint density at radius 1 is 0.795 bits per heavy atom. The van der Waals surface area contributed by atoms with Crippen LogP contribution in [-0.2, 0) is 32.6 Å². The zero-order chi connectivity index (χ0) is 31.7. The van der Waals surface area contributed by atoms with Crippen molar-refractivity contribution in [2.45, 2.75) is 50.2 Å². The maximum atomic E-state index is 14.4. The minimum absolute atomic E-state index is 0.0273. The second-order valence-electron chi connectivity index (χ2n) is 10.5. The van der Waals surface area contributed by atoms with E-state index in [9.17, 15) is 18.0 Å². The van der Waals surface area contributed by atoms with Gasteiger partial charge in [0.05, 0.1) is 10.6 Å². The molecule has 0 aromatic heterocycles. The Labute approximate surface area is 269 Å². The summed E-state index contributed by atoms with van der Waals surface area (Å²) in [5, 5.41) is 3.92. The monoisotopic (exact) mass is 651 g/mol. The van der Waals surface area contributed by atoms with Crippen LogP contribution in [0.1, 0.15) is 31.4 Å². The van der Waals surface area contributed by atoms with Gasteiger partial charge in [0.1, 0.15) is 12.6 Å². The number of carbonyl (C=O) groups is 2. The largest absolute Gasteiger partial charge is 0.352 e. The topological polar surface area (TPSA) is 86.8 Å². The van der Waals surface area contributed by atoms with Gasteiger partial charge in [-0.1, -0.05) is 90.8 Å². The molecular weight excluding hydrogens is 617 g/mol. The number of nitrogens with one attached hydrogen (secondary N) is 1. The molecule has 4 aromatic carbocycles. The summed E-state index contributed by atoms with van der Waals surface area (Å²) in [5.41, 5.74) is 1.81. The minimum atomic E-state index is -4.18. The van der Waals surface area contributed by atoms with Gasteiger partial charge in [0.2, 0.25) is 11.8 Å². The molecule has 1 N–H and O–H groups in total. The van der Waals surface area contributed by atoms with Crippen LogP contribution in [-0.4, -0.2) is 43.8 Å². The Bertz CT molecular complexity index is 1650. The molecule has 0 fully saturated rings. The predicted molar refractivity (Wildman–Crippen MR) is 176 cm³/mol. The normalized spacial score (nSPS) is 12.6. The van der Waals surface area contributed by atoms with Crippen LogP contribution in [0.5, 0.6) is 0 Å².